The zero-order chi connectivity index (χ0) is 12.6. The van der Waals surface area contributed by atoms with Crippen molar-refractivity contribution in [1.82, 2.24) is 0 Å². The summed E-state index contributed by atoms with van der Waals surface area (Å²) in [5.41, 5.74) is 1.88. The molecule has 0 saturated carbocycles. The Labute approximate surface area is 105 Å². The molecule has 1 aliphatic heterocycles. The molecule has 0 spiro atoms. The fraction of sp³-hybridized carbons (Fsp3) is 0.462. The monoisotopic (exact) mass is 255 g/mol. The molecule has 0 bridgehead atoms. The van der Waals surface area contributed by atoms with Gasteiger partial charge in [0.2, 0.25) is 5.91 Å². The topological polar surface area (TPSA) is 20.3 Å². The van der Waals surface area contributed by atoms with Crippen LogP contribution in [0.5, 0.6) is 0 Å². The van der Waals surface area contributed by atoms with E-state index in [1.807, 2.05) is 6.07 Å². The van der Waals surface area contributed by atoms with Crippen molar-refractivity contribution < 1.29 is 9.18 Å². The van der Waals surface area contributed by atoms with Gasteiger partial charge in [-0.05, 0) is 37.8 Å². The number of aryl methyl sites for hydroxylation is 2. The molecule has 1 heterocycles. The van der Waals surface area contributed by atoms with Crippen LogP contribution in [0.3, 0.4) is 0 Å². The molecule has 1 unspecified atom stereocenters. The van der Waals surface area contributed by atoms with Crippen LogP contribution in [0, 0.1) is 12.7 Å². The van der Waals surface area contributed by atoms with Crippen molar-refractivity contribution in [2.24, 2.45) is 0 Å². The number of anilines is 1. The molecule has 1 aromatic carbocycles. The van der Waals surface area contributed by atoms with Gasteiger partial charge in [-0.25, -0.2) is 4.39 Å². The van der Waals surface area contributed by atoms with Crippen molar-refractivity contribution in [3.63, 3.8) is 0 Å². The summed E-state index contributed by atoms with van der Waals surface area (Å²) in [7, 11) is 0. The van der Waals surface area contributed by atoms with Crippen LogP contribution < -0.4 is 4.90 Å². The van der Waals surface area contributed by atoms with Gasteiger partial charge in [0.25, 0.3) is 0 Å². The van der Waals surface area contributed by atoms with Gasteiger partial charge in [-0.1, -0.05) is 12.1 Å². The van der Waals surface area contributed by atoms with Crippen LogP contribution in [-0.4, -0.2) is 17.8 Å². The van der Waals surface area contributed by atoms with Gasteiger partial charge in [0.05, 0.1) is 5.69 Å². The lowest BCUT2D eigenvalue weighted by Crippen LogP contribution is -2.40. The van der Waals surface area contributed by atoms with Crippen LogP contribution in [0.25, 0.3) is 0 Å². The van der Waals surface area contributed by atoms with Gasteiger partial charge in [0.1, 0.15) is 11.2 Å². The van der Waals surface area contributed by atoms with Crippen LogP contribution in [0.15, 0.2) is 12.1 Å². The quantitative estimate of drug-likeness (QED) is 0.707. The highest BCUT2D eigenvalue weighted by Crippen LogP contribution is 2.32. The number of hydrogen-bond donors (Lipinski definition) is 0. The number of alkyl halides is 1. The largest absolute Gasteiger partial charge is 0.308 e. The lowest BCUT2D eigenvalue weighted by Gasteiger charge is -2.31. The third kappa shape index (κ3) is 2.16. The lowest BCUT2D eigenvalue weighted by atomic mass is 9.99. The van der Waals surface area contributed by atoms with Crippen molar-refractivity contribution in [3.05, 3.63) is 29.1 Å². The predicted molar refractivity (Wildman–Crippen MR) is 67.1 cm³/mol. The summed E-state index contributed by atoms with van der Waals surface area (Å²) in [5.74, 6) is -0.523. The summed E-state index contributed by atoms with van der Waals surface area (Å²) in [5, 5.41) is -0.624. The second kappa shape index (κ2) is 4.65. The maximum Gasteiger partial charge on any atom is 0.244 e. The van der Waals surface area contributed by atoms with Crippen molar-refractivity contribution >= 4 is 23.2 Å². The first-order valence-corrected chi connectivity index (χ1v) is 6.19. The van der Waals surface area contributed by atoms with Crippen molar-refractivity contribution in [1.29, 1.82) is 0 Å². The summed E-state index contributed by atoms with van der Waals surface area (Å²) >= 11 is 5.81. The average Bonchev–Trinajstić information content (AvgIpc) is 2.32. The molecule has 0 fully saturated rings. The van der Waals surface area contributed by atoms with E-state index in [-0.39, 0.29) is 11.7 Å². The van der Waals surface area contributed by atoms with Crippen molar-refractivity contribution in [3.8, 4) is 0 Å². The van der Waals surface area contributed by atoms with E-state index in [0.717, 1.165) is 18.4 Å². The normalized spacial score (nSPS) is 16.6. The first-order valence-electron chi connectivity index (χ1n) is 5.76. The Balaban J connectivity index is 2.50. The molecule has 0 saturated heterocycles. The van der Waals surface area contributed by atoms with Crippen LogP contribution in [-0.2, 0) is 11.2 Å². The standard InChI is InChI=1S/C13H15ClFNO/c1-8-5-6-10-4-3-7-16(12(10)11(8)15)13(17)9(2)14/h5-6,9H,3-4,7H2,1-2H3. The Morgan fingerprint density at radius 1 is 1.53 bits per heavy atom. The summed E-state index contributed by atoms with van der Waals surface area (Å²) in [4.78, 5) is 13.4. The molecular weight excluding hydrogens is 241 g/mol. The minimum Gasteiger partial charge on any atom is -0.308 e. The van der Waals surface area contributed by atoms with Gasteiger partial charge in [-0.15, -0.1) is 11.6 Å². The number of fused-ring (bicyclic) bond motifs is 1. The van der Waals surface area contributed by atoms with Gasteiger partial charge in [-0.2, -0.15) is 0 Å². The minimum atomic E-state index is -0.624. The van der Waals surface area contributed by atoms with E-state index in [1.165, 1.54) is 4.90 Å². The first kappa shape index (κ1) is 12.4. The number of hydrogen-bond acceptors (Lipinski definition) is 1. The molecule has 1 aromatic rings. The van der Waals surface area contributed by atoms with Crippen LogP contribution in [0.4, 0.5) is 10.1 Å². The summed E-state index contributed by atoms with van der Waals surface area (Å²) < 4.78 is 14.1. The van der Waals surface area contributed by atoms with Gasteiger partial charge in [0.15, 0.2) is 0 Å². The van der Waals surface area contributed by atoms with Gasteiger partial charge >= 0.3 is 0 Å². The number of halogens is 2. The highest BCUT2D eigenvalue weighted by Gasteiger charge is 2.28. The van der Waals surface area contributed by atoms with E-state index in [4.69, 9.17) is 11.6 Å². The first-order chi connectivity index (χ1) is 8.02. The molecule has 92 valence electrons. The van der Waals surface area contributed by atoms with Gasteiger partial charge in [-0.3, -0.25) is 4.79 Å². The number of rotatable bonds is 1. The van der Waals surface area contributed by atoms with E-state index < -0.39 is 5.38 Å². The molecule has 0 aromatic heterocycles. The zero-order valence-electron chi connectivity index (χ0n) is 9.96. The van der Waals surface area contributed by atoms with Crippen LogP contribution in [0.2, 0.25) is 0 Å². The molecule has 2 nitrogen and oxygen atoms in total. The number of amides is 1. The highest BCUT2D eigenvalue weighted by molar-refractivity contribution is 6.32. The highest BCUT2D eigenvalue weighted by atomic mass is 35.5. The van der Waals surface area contributed by atoms with E-state index in [2.05, 4.69) is 0 Å². The lowest BCUT2D eigenvalue weighted by molar-refractivity contribution is -0.118. The van der Waals surface area contributed by atoms with Crippen molar-refractivity contribution in [2.45, 2.75) is 32.1 Å². The second-order valence-electron chi connectivity index (χ2n) is 4.41. The molecule has 0 radical (unpaired) electrons. The Morgan fingerprint density at radius 2 is 2.24 bits per heavy atom. The SMILES string of the molecule is Cc1ccc2c(c1F)N(C(=O)C(C)Cl)CCC2. The fourth-order valence-corrected chi connectivity index (χ4v) is 2.29. The Morgan fingerprint density at radius 3 is 2.88 bits per heavy atom. The molecule has 2 rings (SSSR count). The number of nitrogens with zero attached hydrogens (tertiary/aromatic N) is 1. The van der Waals surface area contributed by atoms with E-state index in [1.54, 1.807) is 19.9 Å². The summed E-state index contributed by atoms with van der Waals surface area (Å²) in [6, 6.07) is 3.65. The van der Waals surface area contributed by atoms with Crippen LogP contribution in [0.1, 0.15) is 24.5 Å². The third-order valence-electron chi connectivity index (χ3n) is 3.10. The van der Waals surface area contributed by atoms with Gasteiger partial charge in [0, 0.05) is 6.54 Å². The molecular formula is C13H15ClFNO. The molecule has 17 heavy (non-hydrogen) atoms. The Kier molecular flexibility index (Phi) is 3.38. The second-order valence-corrected chi connectivity index (χ2v) is 5.07. The van der Waals surface area contributed by atoms with E-state index >= 15 is 0 Å². The molecule has 0 aliphatic carbocycles. The fourth-order valence-electron chi connectivity index (χ4n) is 2.17. The van der Waals surface area contributed by atoms with Gasteiger partial charge < -0.3 is 4.90 Å². The Bertz CT molecular complexity index is 459. The van der Waals surface area contributed by atoms with Crippen LogP contribution >= 0.6 is 11.6 Å². The predicted octanol–water partition coefficient (Wildman–Crippen LogP) is 3.04. The average molecular weight is 256 g/mol. The van der Waals surface area contributed by atoms with Crippen molar-refractivity contribution in [2.75, 3.05) is 11.4 Å². The molecule has 4 heteroatoms. The maximum absolute atomic E-state index is 14.1. The summed E-state index contributed by atoms with van der Waals surface area (Å²) in [6.45, 7) is 3.87. The van der Waals surface area contributed by atoms with E-state index in [9.17, 15) is 9.18 Å². The maximum atomic E-state index is 14.1. The number of carbonyl (C=O) groups excluding carboxylic acids is 1. The molecule has 1 aliphatic rings. The molecule has 1 atom stereocenters. The zero-order valence-corrected chi connectivity index (χ0v) is 10.7. The number of carbonyl (C=O) groups is 1. The molecule has 1 amide bonds. The minimum absolute atomic E-state index is 0.225. The van der Waals surface area contributed by atoms with E-state index in [0.29, 0.717) is 17.8 Å². The number of benzene rings is 1. The molecule has 0 N–H and O–H groups in total. The summed E-state index contributed by atoms with van der Waals surface area (Å²) in [6.07, 6.45) is 1.66. The Hall–Kier alpha value is -1.09. The third-order valence-corrected chi connectivity index (χ3v) is 3.28. The smallest absolute Gasteiger partial charge is 0.244 e.